The van der Waals surface area contributed by atoms with Gasteiger partial charge < -0.3 is 5.32 Å². The summed E-state index contributed by atoms with van der Waals surface area (Å²) < 4.78 is 15.6. The molecular weight excluding hydrogens is 405 g/mol. The first kappa shape index (κ1) is 23.2. The van der Waals surface area contributed by atoms with Crippen LogP contribution in [-0.4, -0.2) is 28.2 Å². The normalized spacial score (nSPS) is 11.5. The second-order valence-corrected chi connectivity index (χ2v) is 7.85. The number of anilines is 1. The number of halogens is 1. The maximum atomic E-state index is 13.6. The van der Waals surface area contributed by atoms with E-state index in [1.54, 1.807) is 6.07 Å². The highest BCUT2D eigenvalue weighted by Crippen LogP contribution is 2.17. The Morgan fingerprint density at radius 3 is 2.59 bits per heavy atom. The summed E-state index contributed by atoms with van der Waals surface area (Å²) in [6.07, 6.45) is 0.700. The molecule has 0 atom stereocenters. The summed E-state index contributed by atoms with van der Waals surface area (Å²) in [6, 6.07) is 11.6. The molecule has 0 aliphatic carbocycles. The minimum Gasteiger partial charge on any atom is -0.326 e. The molecule has 168 valence electrons. The largest absolute Gasteiger partial charge is 0.326 e. The minimum absolute atomic E-state index is 0.233. The SMILES string of the molecule is CCn1nc(C)c(CCN=C(NC(=O)c2cccc(F)c2)Nc2cc(C)ccc2C)c1C. The van der Waals surface area contributed by atoms with Gasteiger partial charge in [-0.15, -0.1) is 0 Å². The van der Waals surface area contributed by atoms with Crippen molar-refractivity contribution >= 4 is 17.6 Å². The molecule has 0 aliphatic rings. The molecule has 2 aromatic carbocycles. The number of hydrogen-bond acceptors (Lipinski definition) is 3. The van der Waals surface area contributed by atoms with Crippen molar-refractivity contribution in [3.05, 3.63) is 81.9 Å². The zero-order valence-corrected chi connectivity index (χ0v) is 19.3. The fraction of sp³-hybridized carbons (Fsp3) is 0.320. The molecule has 3 aromatic rings. The Kier molecular flexibility index (Phi) is 7.41. The van der Waals surface area contributed by atoms with Crippen LogP contribution in [0.15, 0.2) is 47.5 Å². The number of benzene rings is 2. The minimum atomic E-state index is -0.461. The number of rotatable bonds is 6. The van der Waals surface area contributed by atoms with Gasteiger partial charge in [0.1, 0.15) is 5.82 Å². The summed E-state index contributed by atoms with van der Waals surface area (Å²) in [5.41, 5.74) is 6.50. The molecule has 3 rings (SSSR count). The number of carbonyl (C=O) groups is 1. The molecule has 1 heterocycles. The van der Waals surface area contributed by atoms with Crippen LogP contribution in [0.4, 0.5) is 10.1 Å². The van der Waals surface area contributed by atoms with Crippen LogP contribution in [0.5, 0.6) is 0 Å². The van der Waals surface area contributed by atoms with Gasteiger partial charge in [-0.1, -0.05) is 18.2 Å². The number of amides is 1. The summed E-state index contributed by atoms with van der Waals surface area (Å²) in [7, 11) is 0. The highest BCUT2D eigenvalue weighted by molar-refractivity contribution is 6.10. The molecule has 0 saturated heterocycles. The van der Waals surface area contributed by atoms with Crippen LogP contribution in [0.1, 0.15) is 45.4 Å². The Morgan fingerprint density at radius 1 is 1.12 bits per heavy atom. The lowest BCUT2D eigenvalue weighted by Crippen LogP contribution is -2.36. The van der Waals surface area contributed by atoms with Crippen molar-refractivity contribution in [1.29, 1.82) is 0 Å². The second kappa shape index (κ2) is 10.2. The molecule has 6 nitrogen and oxygen atoms in total. The molecule has 0 spiro atoms. The van der Waals surface area contributed by atoms with Crippen LogP contribution in [0, 0.1) is 33.5 Å². The van der Waals surface area contributed by atoms with E-state index in [1.165, 1.54) is 18.2 Å². The molecule has 7 heteroatoms. The van der Waals surface area contributed by atoms with E-state index in [0.29, 0.717) is 18.9 Å². The zero-order valence-electron chi connectivity index (χ0n) is 19.3. The fourth-order valence-electron chi connectivity index (χ4n) is 3.60. The van der Waals surface area contributed by atoms with Crippen molar-refractivity contribution in [3.8, 4) is 0 Å². The summed E-state index contributed by atoms with van der Waals surface area (Å²) in [6.45, 7) is 11.4. The number of nitrogens with zero attached hydrogens (tertiary/aromatic N) is 3. The summed E-state index contributed by atoms with van der Waals surface area (Å²) in [4.78, 5) is 17.4. The van der Waals surface area contributed by atoms with Crippen LogP contribution < -0.4 is 10.6 Å². The third-order valence-corrected chi connectivity index (χ3v) is 5.43. The van der Waals surface area contributed by atoms with Crippen LogP contribution in [-0.2, 0) is 13.0 Å². The van der Waals surface area contributed by atoms with Gasteiger partial charge in [-0.05, 0) is 82.0 Å². The van der Waals surface area contributed by atoms with E-state index in [4.69, 9.17) is 0 Å². The molecular formula is C25H30FN5O. The van der Waals surface area contributed by atoms with Gasteiger partial charge in [-0.3, -0.25) is 19.8 Å². The van der Waals surface area contributed by atoms with E-state index in [2.05, 4.69) is 34.6 Å². The molecule has 1 amide bonds. The average molecular weight is 436 g/mol. The maximum Gasteiger partial charge on any atom is 0.258 e. The quantitative estimate of drug-likeness (QED) is 0.435. The average Bonchev–Trinajstić information content (AvgIpc) is 3.03. The molecule has 2 N–H and O–H groups in total. The van der Waals surface area contributed by atoms with Gasteiger partial charge in [0, 0.05) is 30.0 Å². The summed E-state index contributed by atoms with van der Waals surface area (Å²) in [5.74, 6) is -0.559. The summed E-state index contributed by atoms with van der Waals surface area (Å²) in [5, 5.41) is 10.6. The van der Waals surface area contributed by atoms with Gasteiger partial charge in [-0.2, -0.15) is 5.10 Å². The molecule has 0 bridgehead atoms. The molecule has 0 fully saturated rings. The second-order valence-electron chi connectivity index (χ2n) is 7.85. The first-order valence-electron chi connectivity index (χ1n) is 10.8. The Morgan fingerprint density at radius 2 is 1.91 bits per heavy atom. The Labute approximate surface area is 188 Å². The van der Waals surface area contributed by atoms with Crippen molar-refractivity contribution in [2.45, 2.75) is 47.6 Å². The smallest absolute Gasteiger partial charge is 0.258 e. The fourth-order valence-corrected chi connectivity index (χ4v) is 3.60. The predicted molar refractivity (Wildman–Crippen MR) is 127 cm³/mol. The van der Waals surface area contributed by atoms with Crippen LogP contribution in [0.3, 0.4) is 0 Å². The lowest BCUT2D eigenvalue weighted by molar-refractivity contribution is 0.0976. The van der Waals surface area contributed by atoms with Gasteiger partial charge in [-0.25, -0.2) is 4.39 Å². The van der Waals surface area contributed by atoms with Gasteiger partial charge in [0.15, 0.2) is 0 Å². The number of aryl methyl sites for hydroxylation is 4. The van der Waals surface area contributed by atoms with E-state index in [-0.39, 0.29) is 5.56 Å². The third kappa shape index (κ3) is 5.60. The highest BCUT2D eigenvalue weighted by Gasteiger charge is 2.13. The standard InChI is InChI=1S/C25H30FN5O/c1-6-31-19(5)22(18(4)30-31)12-13-27-25(28-23-14-16(2)10-11-17(23)3)29-24(32)20-8-7-9-21(26)15-20/h7-11,14-15H,6,12-13H2,1-5H3,(H2,27,28,29,32). The third-order valence-electron chi connectivity index (χ3n) is 5.43. The first-order chi connectivity index (χ1) is 15.3. The molecule has 0 saturated carbocycles. The number of hydrogen-bond donors (Lipinski definition) is 2. The van der Waals surface area contributed by atoms with E-state index < -0.39 is 11.7 Å². The molecule has 32 heavy (non-hydrogen) atoms. The van der Waals surface area contributed by atoms with Gasteiger partial charge in [0.25, 0.3) is 5.91 Å². The van der Waals surface area contributed by atoms with Gasteiger partial charge in [0.2, 0.25) is 5.96 Å². The van der Waals surface area contributed by atoms with Crippen LogP contribution >= 0.6 is 0 Å². The molecule has 1 aromatic heterocycles. The number of aliphatic imine (C=N–C) groups is 1. The Hall–Kier alpha value is -3.48. The number of guanidine groups is 1. The van der Waals surface area contributed by atoms with Gasteiger partial charge >= 0.3 is 0 Å². The van der Waals surface area contributed by atoms with Crippen molar-refractivity contribution in [2.24, 2.45) is 4.99 Å². The number of aromatic nitrogens is 2. The van der Waals surface area contributed by atoms with Gasteiger partial charge in [0.05, 0.1) is 5.69 Å². The predicted octanol–water partition coefficient (Wildman–Crippen LogP) is 4.72. The Balaban J connectivity index is 1.83. The van der Waals surface area contributed by atoms with E-state index in [9.17, 15) is 9.18 Å². The van der Waals surface area contributed by atoms with Crippen molar-refractivity contribution < 1.29 is 9.18 Å². The maximum absolute atomic E-state index is 13.6. The van der Waals surface area contributed by atoms with E-state index >= 15 is 0 Å². The van der Waals surface area contributed by atoms with Crippen molar-refractivity contribution in [3.63, 3.8) is 0 Å². The summed E-state index contributed by atoms with van der Waals surface area (Å²) >= 11 is 0. The van der Waals surface area contributed by atoms with Crippen molar-refractivity contribution in [1.82, 2.24) is 15.1 Å². The lowest BCUT2D eigenvalue weighted by atomic mass is 10.1. The van der Waals surface area contributed by atoms with E-state index in [1.807, 2.05) is 43.7 Å². The molecule has 0 radical (unpaired) electrons. The van der Waals surface area contributed by atoms with E-state index in [0.717, 1.165) is 40.3 Å². The zero-order chi connectivity index (χ0) is 23.3. The monoisotopic (exact) mass is 435 g/mol. The lowest BCUT2D eigenvalue weighted by Gasteiger charge is -2.14. The topological polar surface area (TPSA) is 71.3 Å². The molecule has 0 unspecified atom stereocenters. The van der Waals surface area contributed by atoms with Crippen LogP contribution in [0.2, 0.25) is 0 Å². The van der Waals surface area contributed by atoms with Crippen LogP contribution in [0.25, 0.3) is 0 Å². The van der Waals surface area contributed by atoms with Crippen molar-refractivity contribution in [2.75, 3.05) is 11.9 Å². The number of nitrogens with one attached hydrogen (secondary N) is 2. The highest BCUT2D eigenvalue weighted by atomic mass is 19.1. The first-order valence-corrected chi connectivity index (χ1v) is 10.8. The number of carbonyl (C=O) groups excluding carboxylic acids is 1. The Bertz CT molecular complexity index is 1150. The molecule has 0 aliphatic heterocycles.